The number of amides is 1. The van der Waals surface area contributed by atoms with E-state index in [1.54, 1.807) is 42.3 Å². The number of nitrogens with zero attached hydrogens (tertiary/aromatic N) is 8. The number of fused-ring (bicyclic) bond motifs is 10. The van der Waals surface area contributed by atoms with Crippen LogP contribution < -0.4 is 24.2 Å². The van der Waals surface area contributed by atoms with Gasteiger partial charge in [-0.15, -0.1) is 0 Å². The monoisotopic (exact) mass is 618 g/mol. The molecule has 10 bridgehead atoms. The fraction of sp³-hybridized carbons (Fsp3) is 0.206. The summed E-state index contributed by atoms with van der Waals surface area (Å²) in [5, 5.41) is 9.27. The first kappa shape index (κ1) is 30.3. The third kappa shape index (κ3) is 6.52. The van der Waals surface area contributed by atoms with Crippen molar-refractivity contribution in [1.29, 1.82) is 0 Å². The highest BCUT2D eigenvalue weighted by Gasteiger charge is 2.18. The van der Waals surface area contributed by atoms with Crippen LogP contribution in [0.3, 0.4) is 0 Å². The summed E-state index contributed by atoms with van der Waals surface area (Å²) >= 11 is 0. The Morgan fingerprint density at radius 2 is 1.04 bits per heavy atom. The third-order valence-electron chi connectivity index (χ3n) is 7.49. The van der Waals surface area contributed by atoms with Crippen LogP contribution in [0.1, 0.15) is 16.8 Å². The van der Waals surface area contributed by atoms with Crippen LogP contribution in [0.5, 0.6) is 23.3 Å². The second-order valence-corrected chi connectivity index (χ2v) is 10.8. The van der Waals surface area contributed by atoms with E-state index in [2.05, 4.69) is 0 Å². The number of pyridine rings is 4. The van der Waals surface area contributed by atoms with E-state index in [0.717, 1.165) is 0 Å². The smallest absolute Gasteiger partial charge is 0.253 e. The molecule has 0 saturated carbocycles. The Labute approximate surface area is 267 Å². The molecule has 0 spiro atoms. The van der Waals surface area contributed by atoms with E-state index in [1.165, 1.54) is 0 Å². The molecule has 0 radical (unpaired) electrons. The van der Waals surface area contributed by atoms with Gasteiger partial charge in [-0.2, -0.15) is 9.97 Å². The van der Waals surface area contributed by atoms with Crippen molar-refractivity contribution in [2.75, 3.05) is 56.0 Å². The number of ether oxygens (including phenoxy) is 2. The van der Waals surface area contributed by atoms with E-state index in [-0.39, 0.29) is 12.5 Å². The van der Waals surface area contributed by atoms with Crippen LogP contribution in [0.2, 0.25) is 0 Å². The maximum absolute atomic E-state index is 13.4. The van der Waals surface area contributed by atoms with Crippen LogP contribution in [0.15, 0.2) is 91.0 Å². The summed E-state index contributed by atoms with van der Waals surface area (Å²) in [5.74, 6) is 5.06. The molecule has 234 valence electrons. The van der Waals surface area contributed by atoms with Crippen molar-refractivity contribution in [3.63, 3.8) is 0 Å². The molecule has 4 aromatic heterocycles. The molecule has 0 atom stereocenters. The minimum atomic E-state index is -0.247. The number of hydrogen-bond acceptors (Lipinski definition) is 11. The van der Waals surface area contributed by atoms with Gasteiger partial charge in [0.25, 0.3) is 5.91 Å². The fourth-order valence-corrected chi connectivity index (χ4v) is 4.90. The number of hydrogen-bond donors (Lipinski definition) is 1. The molecular formula is C34H34N8O4. The van der Waals surface area contributed by atoms with Crippen LogP contribution in [-0.4, -0.2) is 77.2 Å². The Hall–Kier alpha value is -5.75. The van der Waals surface area contributed by atoms with Gasteiger partial charge < -0.3 is 34.2 Å². The summed E-state index contributed by atoms with van der Waals surface area (Å²) < 4.78 is 12.4. The van der Waals surface area contributed by atoms with Crippen molar-refractivity contribution in [3.05, 3.63) is 96.6 Å². The number of carbonyl (C=O) groups excluding carboxylic acids is 1. The Morgan fingerprint density at radius 1 is 0.652 bits per heavy atom. The van der Waals surface area contributed by atoms with Gasteiger partial charge in [0.2, 0.25) is 11.8 Å². The van der Waals surface area contributed by atoms with Crippen LogP contribution in [-0.2, 0) is 0 Å². The highest BCUT2D eigenvalue weighted by Crippen LogP contribution is 2.33. The second-order valence-electron chi connectivity index (χ2n) is 10.8. The van der Waals surface area contributed by atoms with Crippen molar-refractivity contribution in [3.8, 4) is 23.3 Å². The minimum Gasteiger partial charge on any atom is -0.439 e. The average molecular weight is 619 g/mol. The van der Waals surface area contributed by atoms with Crippen LogP contribution >= 0.6 is 0 Å². The fourth-order valence-electron chi connectivity index (χ4n) is 4.90. The highest BCUT2D eigenvalue weighted by atomic mass is 16.5. The van der Waals surface area contributed by atoms with Gasteiger partial charge in [-0.1, -0.05) is 24.3 Å². The quantitative estimate of drug-likeness (QED) is 0.258. The van der Waals surface area contributed by atoms with Gasteiger partial charge >= 0.3 is 0 Å². The third-order valence-corrected chi connectivity index (χ3v) is 7.49. The summed E-state index contributed by atoms with van der Waals surface area (Å²) in [6, 6.07) is 27.4. The van der Waals surface area contributed by atoms with E-state index in [0.29, 0.717) is 76.7 Å². The van der Waals surface area contributed by atoms with Crippen LogP contribution in [0.4, 0.5) is 34.9 Å². The lowest BCUT2D eigenvalue weighted by Gasteiger charge is -2.23. The Kier molecular flexibility index (Phi) is 8.61. The SMILES string of the molecule is CN(CCCO)C(=O)c1cc2cc(c1)Oc1cccc(n1)N(C)c1cccc(n1)N(C)c1cccc(n1)N(C)c1cccc(n1)O2. The lowest BCUT2D eigenvalue weighted by molar-refractivity contribution is 0.0785. The minimum absolute atomic E-state index is 0.0155. The van der Waals surface area contributed by atoms with Gasteiger partial charge in [-0.25, -0.2) is 9.97 Å². The lowest BCUT2D eigenvalue weighted by atomic mass is 10.1. The first-order valence-corrected chi connectivity index (χ1v) is 14.8. The van der Waals surface area contributed by atoms with Gasteiger partial charge in [-0.05, 0) is 55.0 Å². The van der Waals surface area contributed by atoms with E-state index >= 15 is 0 Å². The van der Waals surface area contributed by atoms with Gasteiger partial charge in [0.1, 0.15) is 46.4 Å². The molecule has 1 aromatic carbocycles. The molecule has 1 amide bonds. The molecule has 12 nitrogen and oxygen atoms in total. The molecule has 1 aliphatic rings. The van der Waals surface area contributed by atoms with Crippen molar-refractivity contribution < 1.29 is 19.4 Å². The van der Waals surface area contributed by atoms with Gasteiger partial charge in [0.05, 0.1) is 0 Å². The number of anilines is 6. The normalized spacial score (nSPS) is 12.6. The predicted octanol–water partition coefficient (Wildman–Crippen LogP) is 5.92. The van der Waals surface area contributed by atoms with Crippen molar-refractivity contribution in [2.24, 2.45) is 0 Å². The van der Waals surface area contributed by atoms with Crippen molar-refractivity contribution in [2.45, 2.75) is 6.42 Å². The molecule has 0 fully saturated rings. The number of benzene rings is 1. The lowest BCUT2D eigenvalue weighted by Crippen LogP contribution is -2.28. The van der Waals surface area contributed by atoms with Gasteiger partial charge in [0.15, 0.2) is 0 Å². The molecule has 5 heterocycles. The zero-order valence-corrected chi connectivity index (χ0v) is 26.0. The zero-order chi connectivity index (χ0) is 32.2. The molecule has 46 heavy (non-hydrogen) atoms. The van der Waals surface area contributed by atoms with Crippen molar-refractivity contribution >= 4 is 40.8 Å². The van der Waals surface area contributed by atoms with E-state index in [4.69, 9.17) is 29.4 Å². The van der Waals surface area contributed by atoms with Crippen molar-refractivity contribution in [1.82, 2.24) is 24.8 Å². The second kappa shape index (κ2) is 13.1. The molecule has 1 aliphatic heterocycles. The van der Waals surface area contributed by atoms with Gasteiger partial charge in [0, 0.05) is 65.1 Å². The number of rotatable bonds is 4. The molecule has 0 unspecified atom stereocenters. The summed E-state index contributed by atoms with van der Waals surface area (Å²) in [5.41, 5.74) is 0.350. The zero-order valence-electron chi connectivity index (χ0n) is 26.0. The Bertz CT molecular complexity index is 1750. The van der Waals surface area contributed by atoms with Crippen LogP contribution in [0.25, 0.3) is 0 Å². The first-order valence-electron chi connectivity index (χ1n) is 14.8. The molecule has 0 aliphatic carbocycles. The molecule has 0 saturated heterocycles. The van der Waals surface area contributed by atoms with E-state index in [9.17, 15) is 9.90 Å². The Balaban J connectivity index is 1.47. The number of aliphatic hydroxyl groups excluding tert-OH is 1. The molecule has 5 aromatic rings. The standard InChI is InChI=1S/C34H34N8O4/c1-39(18-9-19-43)34(44)23-20-24-22-25(21-23)46-33-17-8-15-31(38-33)42(4)29-13-6-11-27(36-29)40(2)26-10-5-12-28(35-26)41(3)30-14-7-16-32(37-30)45-24/h5-8,10-17,20-22,43H,9,18-19H2,1-4H3. The van der Waals surface area contributed by atoms with E-state index in [1.807, 2.05) is 96.5 Å². The van der Waals surface area contributed by atoms with Gasteiger partial charge in [-0.3, -0.25) is 4.79 Å². The number of aliphatic hydroxyl groups is 1. The summed E-state index contributed by atoms with van der Waals surface area (Å²) in [6.45, 7) is 0.376. The average Bonchev–Trinajstić information content (AvgIpc) is 3.09. The largest absolute Gasteiger partial charge is 0.439 e. The molecule has 12 heteroatoms. The van der Waals surface area contributed by atoms with Crippen LogP contribution in [0, 0.1) is 0 Å². The van der Waals surface area contributed by atoms with E-state index < -0.39 is 0 Å². The summed E-state index contributed by atoms with van der Waals surface area (Å²) in [4.78, 5) is 39.8. The molecule has 6 rings (SSSR count). The molecular weight excluding hydrogens is 584 g/mol. The summed E-state index contributed by atoms with van der Waals surface area (Å²) in [6.07, 6.45) is 0.460. The molecule has 1 N–H and O–H groups in total. The predicted molar refractivity (Wildman–Crippen MR) is 176 cm³/mol. The highest BCUT2D eigenvalue weighted by molar-refractivity contribution is 5.95. The maximum Gasteiger partial charge on any atom is 0.253 e. The number of aromatic nitrogens is 4. The topological polar surface area (TPSA) is 120 Å². The maximum atomic E-state index is 13.4. The Morgan fingerprint density at radius 3 is 1.46 bits per heavy atom. The first-order chi connectivity index (χ1) is 22.3. The number of carbonyl (C=O) groups is 1. The summed E-state index contributed by atoms with van der Waals surface area (Å²) in [7, 11) is 7.37.